The number of fused-ring (bicyclic) bond motifs is 1. The smallest absolute Gasteiger partial charge is 0.255 e. The van der Waals surface area contributed by atoms with Crippen molar-refractivity contribution < 1.29 is 9.53 Å². The van der Waals surface area contributed by atoms with Crippen LogP contribution in [-0.4, -0.2) is 39.0 Å². The van der Waals surface area contributed by atoms with Gasteiger partial charge in [-0.05, 0) is 55.3 Å². The van der Waals surface area contributed by atoms with E-state index in [9.17, 15) is 4.79 Å². The molecule has 31 heavy (non-hydrogen) atoms. The molecule has 0 bridgehead atoms. The van der Waals surface area contributed by atoms with Crippen LogP contribution in [0, 0.1) is 6.92 Å². The summed E-state index contributed by atoms with van der Waals surface area (Å²) in [7, 11) is 1.79. The molecule has 0 unspecified atom stereocenters. The van der Waals surface area contributed by atoms with Gasteiger partial charge in [0, 0.05) is 26.0 Å². The molecule has 0 aliphatic rings. The summed E-state index contributed by atoms with van der Waals surface area (Å²) in [5, 5.41) is 0. The van der Waals surface area contributed by atoms with Crippen molar-refractivity contribution in [2.75, 3.05) is 13.7 Å². The lowest BCUT2D eigenvalue weighted by Crippen LogP contribution is -2.28. The topological polar surface area (TPSA) is 60.2 Å². The fourth-order valence-corrected chi connectivity index (χ4v) is 3.61. The van der Waals surface area contributed by atoms with E-state index in [4.69, 9.17) is 9.72 Å². The average Bonchev–Trinajstić information content (AvgIpc) is 3.13. The van der Waals surface area contributed by atoms with E-state index in [1.54, 1.807) is 36.5 Å². The van der Waals surface area contributed by atoms with Gasteiger partial charge in [-0.2, -0.15) is 0 Å². The third-order valence-electron chi connectivity index (χ3n) is 5.15. The molecule has 0 fully saturated rings. The number of rotatable bonds is 8. The molecule has 2 aromatic carbocycles. The van der Waals surface area contributed by atoms with E-state index in [-0.39, 0.29) is 5.91 Å². The summed E-state index contributed by atoms with van der Waals surface area (Å²) in [4.78, 5) is 23.3. The predicted octanol–water partition coefficient (Wildman–Crippen LogP) is 4.48. The van der Waals surface area contributed by atoms with Crippen molar-refractivity contribution in [2.24, 2.45) is 0 Å². The standard InChI is InChI=1S/C25H26N4O2/c1-19-8-5-10-21(16-19)31-15-7-14-29-23-12-4-3-11-22(23)27-24(29)18-28(2)25(30)20-9-6-13-26-17-20/h3-6,8-13,16-17H,7,14-15,18H2,1-2H3. The van der Waals surface area contributed by atoms with Crippen LogP contribution >= 0.6 is 0 Å². The molecule has 0 N–H and O–H groups in total. The van der Waals surface area contributed by atoms with Gasteiger partial charge in [-0.15, -0.1) is 0 Å². The molecule has 0 aliphatic heterocycles. The van der Waals surface area contributed by atoms with Crippen molar-refractivity contribution in [2.45, 2.75) is 26.4 Å². The number of pyridine rings is 1. The first-order chi connectivity index (χ1) is 15.1. The summed E-state index contributed by atoms with van der Waals surface area (Å²) in [6, 6.07) is 19.7. The molecule has 4 aromatic rings. The van der Waals surface area contributed by atoms with Gasteiger partial charge in [0.25, 0.3) is 5.91 Å². The zero-order valence-electron chi connectivity index (χ0n) is 17.9. The number of amides is 1. The zero-order valence-corrected chi connectivity index (χ0v) is 17.9. The van der Waals surface area contributed by atoms with Crippen LogP contribution in [0.2, 0.25) is 0 Å². The van der Waals surface area contributed by atoms with Gasteiger partial charge in [-0.25, -0.2) is 4.98 Å². The Labute approximate surface area is 182 Å². The van der Waals surface area contributed by atoms with Crippen LogP contribution in [0.15, 0.2) is 73.1 Å². The molecule has 2 aromatic heterocycles. The Morgan fingerprint density at radius 2 is 1.97 bits per heavy atom. The minimum Gasteiger partial charge on any atom is -0.494 e. The molecular weight excluding hydrogens is 388 g/mol. The fourth-order valence-electron chi connectivity index (χ4n) is 3.61. The number of nitrogens with zero attached hydrogens (tertiary/aromatic N) is 4. The molecule has 0 radical (unpaired) electrons. The summed E-state index contributed by atoms with van der Waals surface area (Å²) >= 11 is 0. The third-order valence-corrected chi connectivity index (χ3v) is 5.15. The summed E-state index contributed by atoms with van der Waals surface area (Å²) in [5.74, 6) is 1.67. The van der Waals surface area contributed by atoms with Crippen LogP contribution in [0.25, 0.3) is 11.0 Å². The van der Waals surface area contributed by atoms with Gasteiger partial charge in [-0.3, -0.25) is 9.78 Å². The summed E-state index contributed by atoms with van der Waals surface area (Å²) < 4.78 is 8.09. The molecular formula is C25H26N4O2. The summed E-state index contributed by atoms with van der Waals surface area (Å²) in [5.41, 5.74) is 3.75. The number of ether oxygens (including phenoxy) is 1. The maximum absolute atomic E-state index is 12.7. The molecule has 1 amide bonds. The summed E-state index contributed by atoms with van der Waals surface area (Å²) in [6.45, 7) is 3.84. The quantitative estimate of drug-likeness (QED) is 0.399. The first-order valence-electron chi connectivity index (χ1n) is 10.4. The maximum atomic E-state index is 12.7. The number of hydrogen-bond acceptors (Lipinski definition) is 4. The van der Waals surface area contributed by atoms with Gasteiger partial charge < -0.3 is 14.2 Å². The van der Waals surface area contributed by atoms with Crippen molar-refractivity contribution in [3.05, 3.63) is 90.0 Å². The van der Waals surface area contributed by atoms with Crippen LogP contribution in [0.1, 0.15) is 28.2 Å². The highest BCUT2D eigenvalue weighted by Crippen LogP contribution is 2.19. The molecule has 158 valence electrons. The number of carbonyl (C=O) groups excluding carboxylic acids is 1. The molecule has 2 heterocycles. The van der Waals surface area contributed by atoms with Crippen LogP contribution in [0.5, 0.6) is 5.75 Å². The Balaban J connectivity index is 1.47. The molecule has 4 rings (SSSR count). The Morgan fingerprint density at radius 1 is 1.10 bits per heavy atom. The van der Waals surface area contributed by atoms with Crippen LogP contribution in [-0.2, 0) is 13.1 Å². The van der Waals surface area contributed by atoms with Crippen LogP contribution in [0.3, 0.4) is 0 Å². The summed E-state index contributed by atoms with van der Waals surface area (Å²) in [6.07, 6.45) is 4.08. The Hall–Kier alpha value is -3.67. The number of imidazole rings is 1. The van der Waals surface area contributed by atoms with E-state index in [1.165, 1.54) is 5.56 Å². The number of aryl methyl sites for hydroxylation is 2. The van der Waals surface area contributed by atoms with Crippen molar-refractivity contribution in [3.63, 3.8) is 0 Å². The minimum atomic E-state index is -0.0745. The number of benzene rings is 2. The van der Waals surface area contributed by atoms with Gasteiger partial charge in [0.05, 0.1) is 29.7 Å². The second-order valence-electron chi connectivity index (χ2n) is 7.59. The fraction of sp³-hybridized carbons (Fsp3) is 0.240. The molecule has 0 atom stereocenters. The molecule has 0 aliphatic carbocycles. The van der Waals surface area contributed by atoms with E-state index >= 15 is 0 Å². The van der Waals surface area contributed by atoms with Gasteiger partial charge in [0.1, 0.15) is 11.6 Å². The Morgan fingerprint density at radius 3 is 2.77 bits per heavy atom. The Kier molecular flexibility index (Phi) is 6.26. The third kappa shape index (κ3) is 4.91. The van der Waals surface area contributed by atoms with Crippen molar-refractivity contribution in [1.82, 2.24) is 19.4 Å². The van der Waals surface area contributed by atoms with E-state index in [2.05, 4.69) is 28.6 Å². The lowest BCUT2D eigenvalue weighted by molar-refractivity contribution is 0.0779. The average molecular weight is 415 g/mol. The molecule has 6 heteroatoms. The van der Waals surface area contributed by atoms with Gasteiger partial charge in [0.2, 0.25) is 0 Å². The number of carbonyl (C=O) groups is 1. The van der Waals surface area contributed by atoms with Crippen molar-refractivity contribution in [3.8, 4) is 5.75 Å². The maximum Gasteiger partial charge on any atom is 0.255 e. The number of para-hydroxylation sites is 2. The lowest BCUT2D eigenvalue weighted by atomic mass is 10.2. The largest absolute Gasteiger partial charge is 0.494 e. The number of hydrogen-bond donors (Lipinski definition) is 0. The number of aromatic nitrogens is 3. The van der Waals surface area contributed by atoms with E-state index in [1.807, 2.05) is 36.4 Å². The second-order valence-corrected chi connectivity index (χ2v) is 7.59. The van der Waals surface area contributed by atoms with Gasteiger partial charge in [0.15, 0.2) is 0 Å². The predicted molar refractivity (Wildman–Crippen MR) is 121 cm³/mol. The highest BCUT2D eigenvalue weighted by atomic mass is 16.5. The van der Waals surface area contributed by atoms with E-state index in [0.29, 0.717) is 18.7 Å². The molecule has 6 nitrogen and oxygen atoms in total. The first-order valence-corrected chi connectivity index (χ1v) is 10.4. The second kappa shape index (κ2) is 9.43. The zero-order chi connectivity index (χ0) is 21.6. The first kappa shape index (κ1) is 20.6. The van der Waals surface area contributed by atoms with E-state index in [0.717, 1.165) is 35.6 Å². The van der Waals surface area contributed by atoms with Gasteiger partial charge in [-0.1, -0.05) is 24.3 Å². The molecule has 0 saturated carbocycles. The normalized spacial score (nSPS) is 10.9. The van der Waals surface area contributed by atoms with Crippen LogP contribution in [0.4, 0.5) is 0 Å². The van der Waals surface area contributed by atoms with Crippen LogP contribution < -0.4 is 4.74 Å². The van der Waals surface area contributed by atoms with Crippen molar-refractivity contribution in [1.29, 1.82) is 0 Å². The molecule has 0 spiro atoms. The van der Waals surface area contributed by atoms with Crippen molar-refractivity contribution >= 4 is 16.9 Å². The molecule has 0 saturated heterocycles. The highest BCUT2D eigenvalue weighted by Gasteiger charge is 2.17. The SMILES string of the molecule is Cc1cccc(OCCCn2c(CN(C)C(=O)c3cccnc3)nc3ccccc32)c1. The Bertz CT molecular complexity index is 1170. The highest BCUT2D eigenvalue weighted by molar-refractivity contribution is 5.93. The monoisotopic (exact) mass is 414 g/mol. The van der Waals surface area contributed by atoms with E-state index < -0.39 is 0 Å². The lowest BCUT2D eigenvalue weighted by Gasteiger charge is -2.18. The minimum absolute atomic E-state index is 0.0745. The van der Waals surface area contributed by atoms with Gasteiger partial charge >= 0.3 is 0 Å².